The highest BCUT2D eigenvalue weighted by Gasteiger charge is 2.42. The van der Waals surface area contributed by atoms with Gasteiger partial charge >= 0.3 is 6.09 Å². The Labute approximate surface area is 244 Å². The standard InChI is InChI=1S/C31H37N5O4S/c1-31(2,3)40-30(39)35-26(25(20-11-6-4-7-12-20)21-13-8-5-9-14-21)29(38)36-18-10-15-23(36)28(37)34-19-22-16-17-24(41-22)27(32)33/h4-9,11-14,16-17,23,25-26H,10,15,18-19H2,1-3H3,(H3,32,33)(H,34,37)(H,35,39)/t23?,26-/m1/s1. The van der Waals surface area contributed by atoms with Gasteiger partial charge in [-0.15, -0.1) is 11.3 Å². The molecule has 1 aliphatic rings. The van der Waals surface area contributed by atoms with Gasteiger partial charge in [-0.2, -0.15) is 0 Å². The van der Waals surface area contributed by atoms with Gasteiger partial charge < -0.3 is 26.0 Å². The number of alkyl carbamates (subject to hydrolysis) is 1. The van der Waals surface area contributed by atoms with Gasteiger partial charge in [0.25, 0.3) is 0 Å². The number of hydrogen-bond donors (Lipinski definition) is 4. The molecule has 1 unspecified atom stereocenters. The van der Waals surface area contributed by atoms with Crippen molar-refractivity contribution in [3.63, 3.8) is 0 Å². The monoisotopic (exact) mass is 575 g/mol. The van der Waals surface area contributed by atoms with E-state index in [0.717, 1.165) is 16.0 Å². The molecule has 9 nitrogen and oxygen atoms in total. The fourth-order valence-corrected chi connectivity index (χ4v) is 5.82. The van der Waals surface area contributed by atoms with Gasteiger partial charge in [0.15, 0.2) is 0 Å². The molecule has 3 aromatic rings. The lowest BCUT2D eigenvalue weighted by molar-refractivity contribution is -0.140. The van der Waals surface area contributed by atoms with E-state index in [9.17, 15) is 14.4 Å². The fraction of sp³-hybridized carbons (Fsp3) is 0.355. The Hall–Kier alpha value is -4.18. The van der Waals surface area contributed by atoms with Gasteiger partial charge in [0.2, 0.25) is 11.8 Å². The van der Waals surface area contributed by atoms with Crippen LogP contribution in [0.2, 0.25) is 0 Å². The van der Waals surface area contributed by atoms with E-state index in [-0.39, 0.29) is 24.2 Å². The molecule has 0 radical (unpaired) electrons. The summed E-state index contributed by atoms with van der Waals surface area (Å²) in [6.45, 7) is 5.97. The molecule has 1 saturated heterocycles. The van der Waals surface area contributed by atoms with Crippen LogP contribution < -0.4 is 16.4 Å². The quantitative estimate of drug-likeness (QED) is 0.222. The molecule has 0 bridgehead atoms. The third-order valence-electron chi connectivity index (χ3n) is 6.79. The van der Waals surface area contributed by atoms with Crippen LogP contribution in [0.4, 0.5) is 4.79 Å². The van der Waals surface area contributed by atoms with Gasteiger partial charge in [0.05, 0.1) is 11.4 Å². The van der Waals surface area contributed by atoms with Gasteiger partial charge in [-0.1, -0.05) is 60.7 Å². The number of hydrogen-bond acceptors (Lipinski definition) is 6. The maximum Gasteiger partial charge on any atom is 0.408 e. The Bertz CT molecular complexity index is 1330. The summed E-state index contributed by atoms with van der Waals surface area (Å²) in [5.41, 5.74) is 6.51. The first-order valence-electron chi connectivity index (χ1n) is 13.6. The minimum atomic E-state index is -1.02. The van der Waals surface area contributed by atoms with Gasteiger partial charge in [0.1, 0.15) is 23.5 Å². The van der Waals surface area contributed by atoms with Crippen molar-refractivity contribution in [2.24, 2.45) is 5.73 Å². The normalized spacial score (nSPS) is 15.8. The summed E-state index contributed by atoms with van der Waals surface area (Å²) in [5, 5.41) is 13.4. The van der Waals surface area contributed by atoms with Crippen LogP contribution in [0.5, 0.6) is 0 Å². The Balaban J connectivity index is 1.62. The highest BCUT2D eigenvalue weighted by atomic mass is 32.1. The third kappa shape index (κ3) is 7.73. The molecule has 216 valence electrons. The molecule has 5 N–H and O–H groups in total. The number of rotatable bonds is 9. The van der Waals surface area contributed by atoms with E-state index in [1.807, 2.05) is 66.7 Å². The molecule has 1 fully saturated rings. The van der Waals surface area contributed by atoms with E-state index in [1.165, 1.54) is 11.3 Å². The van der Waals surface area contributed by atoms with Crippen LogP contribution in [0.15, 0.2) is 72.8 Å². The Morgan fingerprint density at radius 2 is 1.63 bits per heavy atom. The number of nitrogens with two attached hydrogens (primary N) is 1. The molecule has 2 aromatic carbocycles. The first-order valence-corrected chi connectivity index (χ1v) is 14.5. The number of amidine groups is 1. The summed E-state index contributed by atoms with van der Waals surface area (Å²) in [5.74, 6) is -1.14. The number of carbonyl (C=O) groups excluding carboxylic acids is 3. The molecule has 3 amide bonds. The first kappa shape index (κ1) is 29.8. The van der Waals surface area contributed by atoms with E-state index in [2.05, 4.69) is 10.6 Å². The van der Waals surface area contributed by atoms with Crippen LogP contribution in [0.3, 0.4) is 0 Å². The Morgan fingerprint density at radius 3 is 2.17 bits per heavy atom. The molecular weight excluding hydrogens is 538 g/mol. The Morgan fingerprint density at radius 1 is 1.02 bits per heavy atom. The predicted molar refractivity (Wildman–Crippen MR) is 160 cm³/mol. The second-order valence-corrected chi connectivity index (χ2v) is 12.2. The van der Waals surface area contributed by atoms with E-state index in [4.69, 9.17) is 15.9 Å². The van der Waals surface area contributed by atoms with Crippen LogP contribution in [-0.4, -0.2) is 52.9 Å². The number of benzene rings is 2. The van der Waals surface area contributed by atoms with Crippen LogP contribution in [0.1, 0.15) is 60.4 Å². The average molecular weight is 576 g/mol. The van der Waals surface area contributed by atoms with Crippen molar-refractivity contribution in [2.75, 3.05) is 6.54 Å². The number of thiophene rings is 1. The largest absolute Gasteiger partial charge is 0.444 e. The zero-order chi connectivity index (χ0) is 29.6. The van der Waals surface area contributed by atoms with Gasteiger partial charge in [-0.05, 0) is 56.9 Å². The number of likely N-dealkylation sites (tertiary alicyclic amines) is 1. The van der Waals surface area contributed by atoms with Gasteiger partial charge in [0, 0.05) is 17.3 Å². The molecule has 0 aliphatic carbocycles. The van der Waals surface area contributed by atoms with E-state index in [0.29, 0.717) is 24.3 Å². The van der Waals surface area contributed by atoms with Gasteiger partial charge in [-0.3, -0.25) is 15.0 Å². The van der Waals surface area contributed by atoms with Crippen LogP contribution >= 0.6 is 11.3 Å². The van der Waals surface area contributed by atoms with Crippen molar-refractivity contribution in [1.82, 2.24) is 15.5 Å². The fourth-order valence-electron chi connectivity index (χ4n) is 5.01. The molecular formula is C31H37N5O4S. The number of amides is 3. The maximum atomic E-state index is 14.3. The molecule has 1 aliphatic heterocycles. The third-order valence-corrected chi connectivity index (χ3v) is 7.91. The summed E-state index contributed by atoms with van der Waals surface area (Å²) in [4.78, 5) is 43.8. The number of carbonyl (C=O) groups is 3. The summed E-state index contributed by atoms with van der Waals surface area (Å²) in [6.07, 6.45) is 0.478. The molecule has 0 spiro atoms. The SMILES string of the molecule is CC(C)(C)OC(=O)N[C@@H](C(=O)N1CCCC1C(=O)NCc1ccc(C(=N)N)s1)C(c1ccccc1)c1ccccc1. The highest BCUT2D eigenvalue weighted by Crippen LogP contribution is 2.31. The smallest absolute Gasteiger partial charge is 0.408 e. The van der Waals surface area contributed by atoms with Crippen LogP contribution in [-0.2, 0) is 20.9 Å². The zero-order valence-corrected chi connectivity index (χ0v) is 24.4. The summed E-state index contributed by atoms with van der Waals surface area (Å²) >= 11 is 1.34. The maximum absolute atomic E-state index is 14.3. The molecule has 4 rings (SSSR count). The molecule has 1 aromatic heterocycles. The van der Waals surface area contributed by atoms with Crippen LogP contribution in [0.25, 0.3) is 0 Å². The lowest BCUT2D eigenvalue weighted by Gasteiger charge is -2.34. The average Bonchev–Trinajstić information content (AvgIpc) is 3.62. The van der Waals surface area contributed by atoms with E-state index < -0.39 is 29.7 Å². The lowest BCUT2D eigenvalue weighted by Crippen LogP contribution is -2.56. The molecule has 0 saturated carbocycles. The van der Waals surface area contributed by atoms with Gasteiger partial charge in [-0.25, -0.2) is 4.79 Å². The highest BCUT2D eigenvalue weighted by molar-refractivity contribution is 7.14. The number of nitrogens with one attached hydrogen (secondary N) is 3. The minimum Gasteiger partial charge on any atom is -0.444 e. The van der Waals surface area contributed by atoms with Crippen molar-refractivity contribution in [1.29, 1.82) is 5.41 Å². The Kier molecular flexibility index (Phi) is 9.44. The van der Waals surface area contributed by atoms with Crippen molar-refractivity contribution in [3.8, 4) is 0 Å². The molecule has 41 heavy (non-hydrogen) atoms. The van der Waals surface area contributed by atoms with Crippen LogP contribution in [0, 0.1) is 5.41 Å². The minimum absolute atomic E-state index is 0.0185. The number of nitrogen functional groups attached to an aromatic ring is 1. The van der Waals surface area contributed by atoms with Crippen molar-refractivity contribution in [2.45, 2.75) is 63.8 Å². The topological polar surface area (TPSA) is 138 Å². The first-order chi connectivity index (χ1) is 19.5. The van der Waals surface area contributed by atoms with Crippen molar-refractivity contribution >= 4 is 35.1 Å². The zero-order valence-electron chi connectivity index (χ0n) is 23.6. The van der Waals surface area contributed by atoms with E-state index in [1.54, 1.807) is 31.7 Å². The summed E-state index contributed by atoms with van der Waals surface area (Å²) < 4.78 is 5.56. The summed E-state index contributed by atoms with van der Waals surface area (Å²) in [6, 6.07) is 21.0. The second kappa shape index (κ2) is 13.0. The number of ether oxygens (including phenoxy) is 1. The number of nitrogens with zero attached hydrogens (tertiary/aromatic N) is 1. The predicted octanol–water partition coefficient (Wildman–Crippen LogP) is 4.36. The molecule has 2 atom stereocenters. The van der Waals surface area contributed by atoms with Crippen molar-refractivity contribution < 1.29 is 19.1 Å². The lowest BCUT2D eigenvalue weighted by atomic mass is 9.84. The summed E-state index contributed by atoms with van der Waals surface area (Å²) in [7, 11) is 0. The molecule has 2 heterocycles. The van der Waals surface area contributed by atoms with E-state index >= 15 is 0 Å². The van der Waals surface area contributed by atoms with Crippen molar-refractivity contribution in [3.05, 3.63) is 93.7 Å². The second-order valence-electron chi connectivity index (χ2n) is 11.0. The molecule has 10 heteroatoms.